The van der Waals surface area contributed by atoms with Gasteiger partial charge in [-0.05, 0) is 45.0 Å². The fraction of sp³-hybridized carbons (Fsp3) is 0.429. The maximum atomic E-state index is 5.80. The van der Waals surface area contributed by atoms with Crippen LogP contribution in [0.25, 0.3) is 11.5 Å². The van der Waals surface area contributed by atoms with Gasteiger partial charge < -0.3 is 9.73 Å². The topological polar surface area (TPSA) is 51.0 Å². The van der Waals surface area contributed by atoms with Gasteiger partial charge in [-0.15, -0.1) is 10.2 Å². The zero-order valence-corrected chi connectivity index (χ0v) is 10.5. The third-order valence-corrected chi connectivity index (χ3v) is 3.43. The van der Waals surface area contributed by atoms with Gasteiger partial charge >= 0.3 is 0 Å². The minimum atomic E-state index is 0.415. The van der Waals surface area contributed by atoms with Crippen LogP contribution in [0.5, 0.6) is 0 Å². The molecule has 1 aromatic carbocycles. The summed E-state index contributed by atoms with van der Waals surface area (Å²) in [5.74, 6) is 1.83. The predicted octanol–water partition coefficient (Wildman–Crippen LogP) is 2.51. The molecule has 1 N–H and O–H groups in total. The first-order valence-corrected chi connectivity index (χ1v) is 6.44. The van der Waals surface area contributed by atoms with E-state index in [0.717, 1.165) is 37.4 Å². The van der Waals surface area contributed by atoms with E-state index in [2.05, 4.69) is 34.6 Å². The van der Waals surface area contributed by atoms with Crippen molar-refractivity contribution in [1.29, 1.82) is 0 Å². The number of nitrogens with one attached hydrogen (secondary N) is 1. The van der Waals surface area contributed by atoms with Gasteiger partial charge in [0, 0.05) is 11.5 Å². The number of aromatic nitrogens is 2. The van der Waals surface area contributed by atoms with Crippen molar-refractivity contribution in [2.45, 2.75) is 25.7 Å². The molecule has 0 radical (unpaired) electrons. The molecule has 1 aromatic heterocycles. The van der Waals surface area contributed by atoms with E-state index >= 15 is 0 Å². The molecule has 4 nitrogen and oxygen atoms in total. The Morgan fingerprint density at radius 3 is 2.56 bits per heavy atom. The Hall–Kier alpha value is -1.68. The van der Waals surface area contributed by atoms with Crippen LogP contribution in [-0.4, -0.2) is 23.3 Å². The number of hydrogen-bond acceptors (Lipinski definition) is 4. The van der Waals surface area contributed by atoms with Crippen molar-refractivity contribution in [3.05, 3.63) is 35.7 Å². The zero-order chi connectivity index (χ0) is 12.4. The van der Waals surface area contributed by atoms with E-state index in [1.807, 2.05) is 12.1 Å². The second kappa shape index (κ2) is 4.90. The molecule has 3 rings (SSSR count). The Morgan fingerprint density at radius 2 is 1.83 bits per heavy atom. The fourth-order valence-electron chi connectivity index (χ4n) is 2.28. The van der Waals surface area contributed by atoms with Gasteiger partial charge in [0.25, 0.3) is 0 Å². The molecule has 0 spiro atoms. The Balaban J connectivity index is 1.82. The third kappa shape index (κ3) is 2.29. The van der Waals surface area contributed by atoms with Gasteiger partial charge in [0.1, 0.15) is 0 Å². The Bertz CT molecular complexity index is 512. The maximum absolute atomic E-state index is 5.80. The predicted molar refractivity (Wildman–Crippen MR) is 69.3 cm³/mol. The smallest absolute Gasteiger partial charge is 0.247 e. The molecule has 1 saturated heterocycles. The van der Waals surface area contributed by atoms with Crippen LogP contribution < -0.4 is 5.32 Å². The van der Waals surface area contributed by atoms with Crippen LogP contribution in [0.15, 0.2) is 28.7 Å². The number of benzene rings is 1. The summed E-state index contributed by atoms with van der Waals surface area (Å²) in [7, 11) is 0. The third-order valence-electron chi connectivity index (χ3n) is 3.43. The van der Waals surface area contributed by atoms with Crippen molar-refractivity contribution >= 4 is 0 Å². The summed E-state index contributed by atoms with van der Waals surface area (Å²) >= 11 is 0. The van der Waals surface area contributed by atoms with Crippen LogP contribution in [-0.2, 0) is 0 Å². The van der Waals surface area contributed by atoms with Crippen molar-refractivity contribution in [1.82, 2.24) is 15.5 Å². The zero-order valence-electron chi connectivity index (χ0n) is 10.5. The minimum Gasteiger partial charge on any atom is -0.420 e. The van der Waals surface area contributed by atoms with E-state index in [1.165, 1.54) is 5.56 Å². The molecular weight excluding hydrogens is 226 g/mol. The van der Waals surface area contributed by atoms with Crippen LogP contribution in [0.3, 0.4) is 0 Å². The summed E-state index contributed by atoms with van der Waals surface area (Å²) in [6, 6.07) is 8.16. The molecule has 0 saturated carbocycles. The Morgan fingerprint density at radius 1 is 1.11 bits per heavy atom. The van der Waals surface area contributed by atoms with Gasteiger partial charge in [-0.2, -0.15) is 0 Å². The summed E-state index contributed by atoms with van der Waals surface area (Å²) in [6.07, 6.45) is 2.16. The summed E-state index contributed by atoms with van der Waals surface area (Å²) < 4.78 is 5.80. The summed E-state index contributed by atoms with van der Waals surface area (Å²) in [5.41, 5.74) is 2.23. The number of aryl methyl sites for hydroxylation is 1. The molecule has 94 valence electrons. The maximum Gasteiger partial charge on any atom is 0.247 e. The van der Waals surface area contributed by atoms with E-state index in [0.29, 0.717) is 11.8 Å². The number of nitrogens with zero attached hydrogens (tertiary/aromatic N) is 2. The molecule has 1 aliphatic heterocycles. The first-order valence-electron chi connectivity index (χ1n) is 6.44. The molecule has 0 bridgehead atoms. The largest absolute Gasteiger partial charge is 0.420 e. The van der Waals surface area contributed by atoms with Crippen LogP contribution in [0.2, 0.25) is 0 Å². The van der Waals surface area contributed by atoms with Crippen LogP contribution in [0.1, 0.15) is 30.2 Å². The molecular formula is C14H17N3O. The Labute approximate surface area is 106 Å². The lowest BCUT2D eigenvalue weighted by atomic mass is 9.98. The van der Waals surface area contributed by atoms with E-state index in [9.17, 15) is 0 Å². The van der Waals surface area contributed by atoms with E-state index < -0.39 is 0 Å². The highest BCUT2D eigenvalue weighted by Gasteiger charge is 2.21. The molecule has 0 unspecified atom stereocenters. The molecule has 1 aliphatic rings. The number of hydrogen-bond donors (Lipinski definition) is 1. The molecule has 18 heavy (non-hydrogen) atoms. The lowest BCUT2D eigenvalue weighted by molar-refractivity contribution is 0.378. The molecule has 0 aliphatic carbocycles. The highest BCUT2D eigenvalue weighted by Crippen LogP contribution is 2.27. The lowest BCUT2D eigenvalue weighted by Crippen LogP contribution is -2.26. The minimum absolute atomic E-state index is 0.415. The summed E-state index contributed by atoms with van der Waals surface area (Å²) in [5, 5.41) is 11.7. The van der Waals surface area contributed by atoms with Crippen LogP contribution in [0, 0.1) is 6.92 Å². The summed E-state index contributed by atoms with van der Waals surface area (Å²) in [6.45, 7) is 4.14. The summed E-state index contributed by atoms with van der Waals surface area (Å²) in [4.78, 5) is 0. The van der Waals surface area contributed by atoms with Gasteiger partial charge in [-0.1, -0.05) is 17.7 Å². The van der Waals surface area contributed by atoms with Crippen molar-refractivity contribution < 1.29 is 4.42 Å². The normalized spacial score (nSPS) is 16.9. The average molecular weight is 243 g/mol. The van der Waals surface area contributed by atoms with E-state index in [1.54, 1.807) is 0 Å². The fourth-order valence-corrected chi connectivity index (χ4v) is 2.28. The molecule has 2 aromatic rings. The van der Waals surface area contributed by atoms with Gasteiger partial charge in [-0.3, -0.25) is 0 Å². The van der Waals surface area contributed by atoms with E-state index in [-0.39, 0.29) is 0 Å². The average Bonchev–Trinajstić information content (AvgIpc) is 2.90. The first-order chi connectivity index (χ1) is 8.83. The van der Waals surface area contributed by atoms with Crippen LogP contribution >= 0.6 is 0 Å². The van der Waals surface area contributed by atoms with Gasteiger partial charge in [0.2, 0.25) is 11.8 Å². The standard InChI is InChI=1S/C14H17N3O/c1-10-2-4-11(5-3-10)13-16-17-14(18-13)12-6-8-15-9-7-12/h2-5,12,15H,6-9H2,1H3. The molecule has 4 heteroatoms. The number of rotatable bonds is 2. The van der Waals surface area contributed by atoms with Gasteiger partial charge in [0.15, 0.2) is 0 Å². The van der Waals surface area contributed by atoms with Gasteiger partial charge in [0.05, 0.1) is 0 Å². The van der Waals surface area contributed by atoms with Crippen molar-refractivity contribution in [3.8, 4) is 11.5 Å². The van der Waals surface area contributed by atoms with E-state index in [4.69, 9.17) is 4.42 Å². The second-order valence-electron chi connectivity index (χ2n) is 4.84. The van der Waals surface area contributed by atoms with Crippen molar-refractivity contribution in [3.63, 3.8) is 0 Å². The number of piperidine rings is 1. The molecule has 2 heterocycles. The second-order valence-corrected chi connectivity index (χ2v) is 4.84. The first kappa shape index (κ1) is 11.4. The van der Waals surface area contributed by atoms with Crippen LogP contribution in [0.4, 0.5) is 0 Å². The molecule has 0 atom stereocenters. The molecule has 1 fully saturated rings. The monoisotopic (exact) mass is 243 g/mol. The quantitative estimate of drug-likeness (QED) is 0.880. The Kier molecular flexibility index (Phi) is 3.11. The molecule has 0 amide bonds. The lowest BCUT2D eigenvalue weighted by Gasteiger charge is -2.18. The highest BCUT2D eigenvalue weighted by molar-refractivity contribution is 5.52. The van der Waals surface area contributed by atoms with Crippen molar-refractivity contribution in [2.75, 3.05) is 13.1 Å². The SMILES string of the molecule is Cc1ccc(-c2nnc(C3CCNCC3)o2)cc1. The highest BCUT2D eigenvalue weighted by atomic mass is 16.4. The van der Waals surface area contributed by atoms with Gasteiger partial charge in [-0.25, -0.2) is 0 Å². The van der Waals surface area contributed by atoms with Crippen molar-refractivity contribution in [2.24, 2.45) is 0 Å².